The highest BCUT2D eigenvalue weighted by Gasteiger charge is 2.32. The Bertz CT molecular complexity index is 475. The van der Waals surface area contributed by atoms with Crippen molar-refractivity contribution in [2.75, 3.05) is 13.1 Å². The van der Waals surface area contributed by atoms with E-state index in [1.807, 2.05) is 0 Å². The number of carboxylic acid groups (broad SMARTS) is 1. The summed E-state index contributed by atoms with van der Waals surface area (Å²) < 4.78 is 5.04. The minimum Gasteiger partial charge on any atom is -0.478 e. The predicted molar refractivity (Wildman–Crippen MR) is 64.6 cm³/mol. The molecule has 1 aliphatic heterocycles. The first-order valence-electron chi connectivity index (χ1n) is 6.01. The van der Waals surface area contributed by atoms with Gasteiger partial charge in [-0.05, 0) is 24.3 Å². The summed E-state index contributed by atoms with van der Waals surface area (Å²) in [5.74, 6) is -1.53. The average molecular weight is 251 g/mol. The number of aromatic carboxylic acids is 1. The highest BCUT2D eigenvalue weighted by molar-refractivity contribution is 6.02. The van der Waals surface area contributed by atoms with Gasteiger partial charge < -0.3 is 14.4 Å². The molecule has 0 unspecified atom stereocenters. The lowest BCUT2D eigenvalue weighted by molar-refractivity contribution is 0.0539. The molecule has 5 heteroatoms. The minimum absolute atomic E-state index is 0.0663. The monoisotopic (exact) mass is 251 g/mol. The normalized spacial score (nSPS) is 18.7. The number of amides is 1. The van der Waals surface area contributed by atoms with Crippen LogP contribution < -0.4 is 0 Å². The number of piperidine rings is 1. The quantitative estimate of drug-likeness (QED) is 0.875. The van der Waals surface area contributed by atoms with Gasteiger partial charge in [0.1, 0.15) is 5.56 Å². The fourth-order valence-corrected chi connectivity index (χ4v) is 2.38. The maximum Gasteiger partial charge on any atom is 0.339 e. The van der Waals surface area contributed by atoms with Crippen LogP contribution in [0.25, 0.3) is 0 Å². The Kier molecular flexibility index (Phi) is 3.15. The molecule has 1 aliphatic rings. The molecule has 1 fully saturated rings. The van der Waals surface area contributed by atoms with Gasteiger partial charge in [0, 0.05) is 13.1 Å². The average Bonchev–Trinajstić information content (AvgIpc) is 2.75. The molecule has 0 saturated carbocycles. The van der Waals surface area contributed by atoms with E-state index in [1.165, 1.54) is 12.3 Å². The molecule has 0 atom stereocenters. The number of nitrogens with zero attached hydrogens (tertiary/aromatic N) is 1. The molecular weight excluding hydrogens is 234 g/mol. The number of hydrogen-bond acceptors (Lipinski definition) is 3. The van der Waals surface area contributed by atoms with E-state index in [2.05, 4.69) is 13.8 Å². The van der Waals surface area contributed by atoms with E-state index < -0.39 is 5.97 Å². The number of likely N-dealkylation sites (tertiary alicyclic amines) is 1. The zero-order valence-electron chi connectivity index (χ0n) is 10.6. The van der Waals surface area contributed by atoms with Crippen LogP contribution in [0.3, 0.4) is 0 Å². The Labute approximate surface area is 105 Å². The maximum atomic E-state index is 12.2. The van der Waals surface area contributed by atoms with Crippen LogP contribution in [0.2, 0.25) is 0 Å². The number of carbonyl (C=O) groups excluding carboxylic acids is 1. The Morgan fingerprint density at radius 3 is 2.78 bits per heavy atom. The molecule has 1 N–H and O–H groups in total. The Hall–Kier alpha value is -1.78. The Morgan fingerprint density at radius 1 is 1.44 bits per heavy atom. The van der Waals surface area contributed by atoms with Gasteiger partial charge >= 0.3 is 5.97 Å². The largest absolute Gasteiger partial charge is 0.478 e. The topological polar surface area (TPSA) is 70.8 Å². The van der Waals surface area contributed by atoms with Crippen molar-refractivity contribution in [3.05, 3.63) is 23.7 Å². The van der Waals surface area contributed by atoms with Crippen LogP contribution in [0.5, 0.6) is 0 Å². The third-order valence-corrected chi connectivity index (χ3v) is 3.28. The summed E-state index contributed by atoms with van der Waals surface area (Å²) in [5, 5.41) is 8.97. The second kappa shape index (κ2) is 4.48. The molecule has 1 aromatic rings. The number of hydrogen-bond donors (Lipinski definition) is 1. The molecule has 0 aromatic carbocycles. The molecule has 1 aromatic heterocycles. The lowest BCUT2D eigenvalue weighted by Gasteiger charge is -2.37. The van der Waals surface area contributed by atoms with E-state index in [9.17, 15) is 9.59 Å². The van der Waals surface area contributed by atoms with Crippen molar-refractivity contribution in [3.63, 3.8) is 0 Å². The standard InChI is InChI=1S/C13H17NO4/c1-13(2)5-3-6-14(8-13)11(15)10-9(12(16)17)4-7-18-10/h4,7H,3,5-6,8H2,1-2H3,(H,16,17). The van der Waals surface area contributed by atoms with Gasteiger partial charge in [-0.3, -0.25) is 4.79 Å². The SMILES string of the molecule is CC1(C)CCCN(C(=O)c2occc2C(=O)O)C1. The number of carboxylic acids is 1. The van der Waals surface area contributed by atoms with Crippen molar-refractivity contribution >= 4 is 11.9 Å². The zero-order chi connectivity index (χ0) is 13.3. The molecule has 1 amide bonds. The molecule has 98 valence electrons. The Balaban J connectivity index is 2.21. The van der Waals surface area contributed by atoms with E-state index in [4.69, 9.17) is 9.52 Å². The smallest absolute Gasteiger partial charge is 0.339 e. The summed E-state index contributed by atoms with van der Waals surface area (Å²) in [6.45, 7) is 5.49. The third kappa shape index (κ3) is 2.39. The number of furan rings is 1. The summed E-state index contributed by atoms with van der Waals surface area (Å²) in [6, 6.07) is 1.31. The lowest BCUT2D eigenvalue weighted by Crippen LogP contribution is -2.43. The molecule has 18 heavy (non-hydrogen) atoms. The summed E-state index contributed by atoms with van der Waals surface area (Å²) >= 11 is 0. The first-order valence-corrected chi connectivity index (χ1v) is 6.01. The van der Waals surface area contributed by atoms with Crippen LogP contribution in [-0.2, 0) is 0 Å². The first-order chi connectivity index (χ1) is 8.41. The van der Waals surface area contributed by atoms with Crippen LogP contribution in [-0.4, -0.2) is 35.0 Å². The minimum atomic E-state index is -1.14. The summed E-state index contributed by atoms with van der Waals surface area (Å²) in [4.78, 5) is 24.9. The van der Waals surface area contributed by atoms with Gasteiger partial charge in [-0.1, -0.05) is 13.8 Å². The van der Waals surface area contributed by atoms with Crippen LogP contribution in [0.4, 0.5) is 0 Å². The van der Waals surface area contributed by atoms with E-state index in [0.717, 1.165) is 12.8 Å². The van der Waals surface area contributed by atoms with Gasteiger partial charge in [0.15, 0.2) is 0 Å². The second-order valence-corrected chi connectivity index (χ2v) is 5.46. The van der Waals surface area contributed by atoms with Crippen molar-refractivity contribution in [3.8, 4) is 0 Å². The van der Waals surface area contributed by atoms with Gasteiger partial charge in [-0.2, -0.15) is 0 Å². The molecule has 0 radical (unpaired) electrons. The van der Waals surface area contributed by atoms with Gasteiger partial charge in [0.25, 0.3) is 5.91 Å². The van der Waals surface area contributed by atoms with Crippen LogP contribution in [0.15, 0.2) is 16.7 Å². The fraction of sp³-hybridized carbons (Fsp3) is 0.538. The molecular formula is C13H17NO4. The maximum absolute atomic E-state index is 12.2. The van der Waals surface area contributed by atoms with Gasteiger partial charge in [-0.25, -0.2) is 4.79 Å². The molecule has 0 bridgehead atoms. The molecule has 0 aliphatic carbocycles. The van der Waals surface area contributed by atoms with Crippen LogP contribution in [0.1, 0.15) is 47.6 Å². The van der Waals surface area contributed by atoms with Crippen molar-refractivity contribution in [1.29, 1.82) is 0 Å². The van der Waals surface area contributed by atoms with E-state index in [-0.39, 0.29) is 22.6 Å². The molecule has 0 spiro atoms. The lowest BCUT2D eigenvalue weighted by atomic mass is 9.84. The van der Waals surface area contributed by atoms with Crippen LogP contribution >= 0.6 is 0 Å². The van der Waals surface area contributed by atoms with Gasteiger partial charge in [-0.15, -0.1) is 0 Å². The molecule has 2 rings (SSSR count). The van der Waals surface area contributed by atoms with E-state index >= 15 is 0 Å². The van der Waals surface area contributed by atoms with Crippen molar-refractivity contribution in [2.24, 2.45) is 5.41 Å². The highest BCUT2D eigenvalue weighted by atomic mass is 16.4. The van der Waals surface area contributed by atoms with E-state index in [0.29, 0.717) is 13.1 Å². The summed E-state index contributed by atoms with van der Waals surface area (Å²) in [7, 11) is 0. The zero-order valence-corrected chi connectivity index (χ0v) is 10.6. The first kappa shape index (κ1) is 12.7. The van der Waals surface area contributed by atoms with E-state index in [1.54, 1.807) is 4.90 Å². The van der Waals surface area contributed by atoms with Gasteiger partial charge in [0.05, 0.1) is 6.26 Å². The highest BCUT2D eigenvalue weighted by Crippen LogP contribution is 2.29. The summed E-state index contributed by atoms with van der Waals surface area (Å²) in [5.41, 5.74) is 0.00699. The molecule has 1 saturated heterocycles. The molecule has 2 heterocycles. The van der Waals surface area contributed by atoms with Crippen molar-refractivity contribution < 1.29 is 19.1 Å². The van der Waals surface area contributed by atoms with Crippen molar-refractivity contribution in [2.45, 2.75) is 26.7 Å². The predicted octanol–water partition coefficient (Wildman–Crippen LogP) is 2.24. The number of carbonyl (C=O) groups is 2. The van der Waals surface area contributed by atoms with Crippen molar-refractivity contribution in [1.82, 2.24) is 4.90 Å². The molecule has 5 nitrogen and oxygen atoms in total. The van der Waals surface area contributed by atoms with Crippen LogP contribution in [0, 0.1) is 5.41 Å². The summed E-state index contributed by atoms with van der Waals surface area (Å²) in [6.07, 6.45) is 3.24. The fourth-order valence-electron chi connectivity index (χ4n) is 2.38. The van der Waals surface area contributed by atoms with Gasteiger partial charge in [0.2, 0.25) is 5.76 Å². The second-order valence-electron chi connectivity index (χ2n) is 5.46. The third-order valence-electron chi connectivity index (χ3n) is 3.28. The number of rotatable bonds is 2. The Morgan fingerprint density at radius 2 is 2.17 bits per heavy atom.